The highest BCUT2D eigenvalue weighted by atomic mass is 16.4. The third kappa shape index (κ3) is 4.77. The van der Waals surface area contributed by atoms with Gasteiger partial charge >= 0.3 is 11.7 Å². The van der Waals surface area contributed by atoms with Crippen molar-refractivity contribution in [2.45, 2.75) is 38.6 Å². The predicted molar refractivity (Wildman–Crippen MR) is 127 cm³/mol. The predicted octanol–water partition coefficient (Wildman–Crippen LogP) is 2.61. The molecule has 2 aliphatic rings. The Kier molecular flexibility index (Phi) is 6.02. The second kappa shape index (κ2) is 9.28. The van der Waals surface area contributed by atoms with E-state index in [0.717, 1.165) is 24.9 Å². The molecule has 182 valence electrons. The van der Waals surface area contributed by atoms with Crippen LogP contribution in [0.4, 0.5) is 11.5 Å². The van der Waals surface area contributed by atoms with Crippen molar-refractivity contribution in [2.75, 3.05) is 18.4 Å². The number of nitrogens with one attached hydrogen (secondary N) is 2. The maximum atomic E-state index is 12.7. The molecule has 1 saturated heterocycles. The zero-order valence-electron chi connectivity index (χ0n) is 19.1. The molecule has 5 rings (SSSR count). The van der Waals surface area contributed by atoms with Gasteiger partial charge in [0.1, 0.15) is 5.82 Å². The van der Waals surface area contributed by atoms with E-state index in [2.05, 4.69) is 22.4 Å². The first-order chi connectivity index (χ1) is 16.9. The van der Waals surface area contributed by atoms with E-state index in [-0.39, 0.29) is 35.4 Å². The van der Waals surface area contributed by atoms with Crippen LogP contribution in [0, 0.1) is 5.92 Å². The molecule has 2 aromatic heterocycles. The van der Waals surface area contributed by atoms with Gasteiger partial charge in [-0.1, -0.05) is 6.07 Å². The summed E-state index contributed by atoms with van der Waals surface area (Å²) in [5.41, 5.74) is 2.62. The lowest BCUT2D eigenvalue weighted by Crippen LogP contribution is -2.42. The van der Waals surface area contributed by atoms with Gasteiger partial charge in [-0.25, -0.2) is 9.59 Å². The minimum atomic E-state index is -1.23. The van der Waals surface area contributed by atoms with E-state index in [4.69, 9.17) is 9.52 Å². The highest BCUT2D eigenvalue weighted by Crippen LogP contribution is 2.26. The molecule has 0 radical (unpaired) electrons. The molecule has 0 atom stereocenters. The largest absolute Gasteiger partial charge is 0.475 e. The van der Waals surface area contributed by atoms with Crippen LogP contribution < -0.4 is 16.6 Å². The van der Waals surface area contributed by atoms with Crippen molar-refractivity contribution in [1.82, 2.24) is 14.5 Å². The molecule has 0 bridgehead atoms. The Bertz CT molecular complexity index is 1360. The number of carboxylic acids is 1. The van der Waals surface area contributed by atoms with Gasteiger partial charge in [-0.15, -0.1) is 0 Å². The molecule has 3 N–H and O–H groups in total. The molecule has 3 aromatic rings. The van der Waals surface area contributed by atoms with Crippen LogP contribution in [0.3, 0.4) is 0 Å². The number of furan rings is 1. The highest BCUT2D eigenvalue weighted by molar-refractivity contribution is 5.93. The fraction of sp³-hybridized carbons (Fsp3) is 0.360. The van der Waals surface area contributed by atoms with Crippen LogP contribution in [-0.4, -0.2) is 44.5 Å². The highest BCUT2D eigenvalue weighted by Gasteiger charge is 2.27. The topological polar surface area (TPSA) is 138 Å². The number of amides is 1. The van der Waals surface area contributed by atoms with Crippen LogP contribution in [0.25, 0.3) is 0 Å². The molecule has 1 aromatic carbocycles. The fourth-order valence-corrected chi connectivity index (χ4v) is 4.87. The molecular weight excluding hydrogens is 452 g/mol. The molecule has 1 aliphatic heterocycles. The van der Waals surface area contributed by atoms with Crippen molar-refractivity contribution in [2.24, 2.45) is 5.92 Å². The standard InChI is InChI=1S/C25H26N4O6/c30-22-13-21(26-18-5-4-16-2-1-3-17(16)12-18)27-25(34)29(22)14-15-8-10-28(11-9-15)23(31)19-6-7-20(35-19)24(32)33/h4-7,12-13,15,26H,1-3,8-11,14H2,(H,27,34)(H,32,33). The second-order valence-corrected chi connectivity index (χ2v) is 9.10. The van der Waals surface area contributed by atoms with Gasteiger partial charge in [0.05, 0.1) is 0 Å². The molecule has 10 heteroatoms. The number of carboxylic acid groups (broad SMARTS) is 1. The first-order valence-corrected chi connectivity index (χ1v) is 11.7. The third-order valence-corrected chi connectivity index (χ3v) is 6.77. The number of aromatic carboxylic acids is 1. The lowest BCUT2D eigenvalue weighted by molar-refractivity contribution is 0.0624. The number of H-pyrrole nitrogens is 1. The SMILES string of the molecule is O=C(O)c1ccc(C(=O)N2CCC(Cn3c(=O)cc(Nc4ccc5c(c4)CCC5)[nH]c3=O)CC2)o1. The number of aryl methyl sites for hydroxylation is 2. The van der Waals surface area contributed by atoms with Crippen LogP contribution in [-0.2, 0) is 19.4 Å². The number of carbonyl (C=O) groups is 2. The molecule has 1 amide bonds. The van der Waals surface area contributed by atoms with E-state index in [0.29, 0.717) is 31.7 Å². The van der Waals surface area contributed by atoms with E-state index in [1.54, 1.807) is 4.90 Å². The van der Waals surface area contributed by atoms with Gasteiger partial charge in [-0.2, -0.15) is 0 Å². The Labute approximate surface area is 200 Å². The average Bonchev–Trinajstić information content (AvgIpc) is 3.51. The zero-order valence-corrected chi connectivity index (χ0v) is 19.1. The van der Waals surface area contributed by atoms with Crippen LogP contribution in [0.5, 0.6) is 0 Å². The quantitative estimate of drug-likeness (QED) is 0.495. The summed E-state index contributed by atoms with van der Waals surface area (Å²) < 4.78 is 6.30. The summed E-state index contributed by atoms with van der Waals surface area (Å²) in [5, 5.41) is 12.1. The Morgan fingerprint density at radius 2 is 1.77 bits per heavy atom. The lowest BCUT2D eigenvalue weighted by atomic mass is 9.96. The summed E-state index contributed by atoms with van der Waals surface area (Å²) in [6.07, 6.45) is 4.49. The Balaban J connectivity index is 1.20. The number of hydrogen-bond donors (Lipinski definition) is 3. The summed E-state index contributed by atoms with van der Waals surface area (Å²) >= 11 is 0. The Hall–Kier alpha value is -4.08. The van der Waals surface area contributed by atoms with Gasteiger partial charge in [-0.3, -0.25) is 19.1 Å². The third-order valence-electron chi connectivity index (χ3n) is 6.77. The van der Waals surface area contributed by atoms with Crippen LogP contribution in [0.15, 0.2) is 50.4 Å². The first kappa shape index (κ1) is 22.7. The monoisotopic (exact) mass is 478 g/mol. The van der Waals surface area contributed by atoms with E-state index < -0.39 is 11.7 Å². The van der Waals surface area contributed by atoms with Gasteiger partial charge in [-0.05, 0) is 73.4 Å². The van der Waals surface area contributed by atoms with Crippen molar-refractivity contribution in [1.29, 1.82) is 0 Å². The molecule has 35 heavy (non-hydrogen) atoms. The summed E-state index contributed by atoms with van der Waals surface area (Å²) in [6, 6.07) is 10.1. The van der Waals surface area contributed by atoms with Crippen molar-refractivity contribution in [3.63, 3.8) is 0 Å². The maximum Gasteiger partial charge on any atom is 0.371 e. The maximum absolute atomic E-state index is 12.7. The lowest BCUT2D eigenvalue weighted by Gasteiger charge is -2.31. The molecular formula is C25H26N4O6. The number of benzene rings is 1. The number of piperidine rings is 1. The number of aromatic nitrogens is 2. The minimum Gasteiger partial charge on any atom is -0.475 e. The number of rotatable bonds is 6. The van der Waals surface area contributed by atoms with Crippen molar-refractivity contribution in [3.8, 4) is 0 Å². The van der Waals surface area contributed by atoms with E-state index in [9.17, 15) is 19.2 Å². The number of aromatic amines is 1. The summed E-state index contributed by atoms with van der Waals surface area (Å²) in [7, 11) is 0. The number of hydrogen-bond acceptors (Lipinski definition) is 6. The average molecular weight is 479 g/mol. The number of fused-ring (bicyclic) bond motifs is 1. The molecule has 0 unspecified atom stereocenters. The minimum absolute atomic E-state index is 0.0139. The molecule has 1 fully saturated rings. The number of likely N-dealkylation sites (tertiary alicyclic amines) is 1. The summed E-state index contributed by atoms with van der Waals surface area (Å²) in [4.78, 5) is 53.3. The van der Waals surface area contributed by atoms with E-state index in [1.807, 2.05) is 6.07 Å². The molecule has 3 heterocycles. The normalized spacial score (nSPS) is 15.7. The van der Waals surface area contributed by atoms with Crippen LogP contribution in [0.1, 0.15) is 51.5 Å². The molecule has 0 spiro atoms. The fourth-order valence-electron chi connectivity index (χ4n) is 4.87. The van der Waals surface area contributed by atoms with E-state index >= 15 is 0 Å². The van der Waals surface area contributed by atoms with Gasteiger partial charge in [0, 0.05) is 31.4 Å². The summed E-state index contributed by atoms with van der Waals surface area (Å²) in [5.74, 6) is -1.48. The summed E-state index contributed by atoms with van der Waals surface area (Å²) in [6.45, 7) is 1.12. The van der Waals surface area contributed by atoms with Gasteiger partial charge < -0.3 is 19.7 Å². The Morgan fingerprint density at radius 1 is 1.03 bits per heavy atom. The number of carbonyl (C=O) groups excluding carboxylic acids is 1. The zero-order chi connectivity index (χ0) is 24.5. The number of nitrogens with zero attached hydrogens (tertiary/aromatic N) is 2. The van der Waals surface area contributed by atoms with E-state index in [1.165, 1.54) is 33.9 Å². The van der Waals surface area contributed by atoms with Gasteiger partial charge in [0.25, 0.3) is 11.5 Å². The van der Waals surface area contributed by atoms with Gasteiger partial charge in [0.2, 0.25) is 5.76 Å². The Morgan fingerprint density at radius 3 is 2.49 bits per heavy atom. The second-order valence-electron chi connectivity index (χ2n) is 9.10. The van der Waals surface area contributed by atoms with Crippen molar-refractivity contribution < 1.29 is 19.1 Å². The molecule has 10 nitrogen and oxygen atoms in total. The first-order valence-electron chi connectivity index (χ1n) is 11.7. The molecule has 1 aliphatic carbocycles. The number of anilines is 2. The van der Waals surface area contributed by atoms with Gasteiger partial charge in [0.15, 0.2) is 5.76 Å². The molecule has 0 saturated carbocycles. The van der Waals surface area contributed by atoms with Crippen LogP contribution >= 0.6 is 0 Å². The smallest absolute Gasteiger partial charge is 0.371 e. The van der Waals surface area contributed by atoms with Crippen molar-refractivity contribution in [3.05, 3.63) is 79.9 Å². The van der Waals surface area contributed by atoms with Crippen LogP contribution in [0.2, 0.25) is 0 Å². The van der Waals surface area contributed by atoms with Crippen molar-refractivity contribution >= 4 is 23.4 Å².